The molecule has 0 saturated carbocycles. The first-order valence-corrected chi connectivity index (χ1v) is 4.20. The van der Waals surface area contributed by atoms with Gasteiger partial charge in [0.15, 0.2) is 0 Å². The van der Waals surface area contributed by atoms with E-state index in [0.29, 0.717) is 0 Å². The van der Waals surface area contributed by atoms with Gasteiger partial charge in [0.05, 0.1) is 5.75 Å². The summed E-state index contributed by atoms with van der Waals surface area (Å²) in [6, 6.07) is 6.55. The van der Waals surface area contributed by atoms with Gasteiger partial charge in [0.1, 0.15) is 0 Å². The lowest BCUT2D eigenvalue weighted by atomic mass is 10.2. The van der Waals surface area contributed by atoms with Crippen LogP contribution in [0.3, 0.4) is 0 Å². The van der Waals surface area contributed by atoms with Gasteiger partial charge < -0.3 is 14.6 Å². The van der Waals surface area contributed by atoms with E-state index in [1.54, 1.807) is 18.2 Å². The van der Waals surface area contributed by atoms with Crippen LogP contribution in [0.25, 0.3) is 0 Å². The number of carbonyl (C=O) groups excluding carboxylic acids is 1. The smallest absolute Gasteiger partial charge is 0.257 e. The van der Waals surface area contributed by atoms with Crippen molar-refractivity contribution in [2.75, 3.05) is 0 Å². The Bertz CT molecular complexity index is 385. The van der Waals surface area contributed by atoms with Crippen molar-refractivity contribution in [3.05, 3.63) is 29.8 Å². The van der Waals surface area contributed by atoms with E-state index < -0.39 is 6.16 Å². The first-order chi connectivity index (χ1) is 6.72. The Morgan fingerprint density at radius 3 is 3.00 bits per heavy atom. The monoisotopic (exact) mass is 189 g/mol. The SMILES string of the molecule is CCC#Cc1cccc(OC(=O)[O-])c1. The Kier molecular flexibility index (Phi) is 3.57. The van der Waals surface area contributed by atoms with Crippen LogP contribution >= 0.6 is 0 Å². The Morgan fingerprint density at radius 2 is 2.36 bits per heavy atom. The highest BCUT2D eigenvalue weighted by molar-refractivity contribution is 5.59. The molecule has 0 aliphatic carbocycles. The Labute approximate surface area is 82.3 Å². The molecule has 14 heavy (non-hydrogen) atoms. The summed E-state index contributed by atoms with van der Waals surface area (Å²) < 4.78 is 4.37. The summed E-state index contributed by atoms with van der Waals surface area (Å²) in [6.07, 6.45) is -0.809. The van der Waals surface area contributed by atoms with Crippen LogP contribution in [-0.2, 0) is 0 Å². The van der Waals surface area contributed by atoms with E-state index in [1.807, 2.05) is 6.92 Å². The molecule has 0 aromatic heterocycles. The minimum atomic E-state index is -1.56. The van der Waals surface area contributed by atoms with Gasteiger partial charge in [-0.2, -0.15) is 0 Å². The average Bonchev–Trinajstić information content (AvgIpc) is 2.14. The molecular weight excluding hydrogens is 180 g/mol. The summed E-state index contributed by atoms with van der Waals surface area (Å²) in [4.78, 5) is 10.1. The molecular formula is C11H9O3-. The second-order valence-electron chi connectivity index (χ2n) is 2.54. The second-order valence-corrected chi connectivity index (χ2v) is 2.54. The molecule has 0 amide bonds. The molecule has 0 fully saturated rings. The molecule has 0 aliphatic rings. The van der Waals surface area contributed by atoms with Crippen molar-refractivity contribution in [3.63, 3.8) is 0 Å². The molecule has 0 N–H and O–H groups in total. The first kappa shape index (κ1) is 10.1. The molecule has 0 heterocycles. The third kappa shape index (κ3) is 3.20. The maximum Gasteiger partial charge on any atom is 0.257 e. The fourth-order valence-corrected chi connectivity index (χ4v) is 0.924. The zero-order valence-corrected chi connectivity index (χ0v) is 7.74. The van der Waals surface area contributed by atoms with Crippen molar-refractivity contribution in [2.24, 2.45) is 0 Å². The van der Waals surface area contributed by atoms with Gasteiger partial charge in [0.25, 0.3) is 6.16 Å². The first-order valence-electron chi connectivity index (χ1n) is 4.20. The highest BCUT2D eigenvalue weighted by Crippen LogP contribution is 2.12. The number of carbonyl (C=O) groups is 1. The maximum absolute atomic E-state index is 10.1. The molecule has 3 nitrogen and oxygen atoms in total. The standard InChI is InChI=1S/C11H10O3/c1-2-3-5-9-6-4-7-10(8-9)14-11(12)13/h4,6-8H,2H2,1H3,(H,12,13)/p-1. The lowest BCUT2D eigenvalue weighted by molar-refractivity contribution is -0.271. The summed E-state index contributed by atoms with van der Waals surface area (Å²) in [6.45, 7) is 1.94. The van der Waals surface area contributed by atoms with Gasteiger partial charge in [0, 0.05) is 12.0 Å². The highest BCUT2D eigenvalue weighted by Gasteiger charge is 1.91. The van der Waals surface area contributed by atoms with Crippen molar-refractivity contribution >= 4 is 6.16 Å². The molecule has 1 rings (SSSR count). The second kappa shape index (κ2) is 4.93. The van der Waals surface area contributed by atoms with Crippen LogP contribution in [0.15, 0.2) is 24.3 Å². The zero-order valence-electron chi connectivity index (χ0n) is 7.74. The fraction of sp³-hybridized carbons (Fsp3) is 0.182. The number of hydrogen-bond donors (Lipinski definition) is 0. The minimum Gasteiger partial charge on any atom is -0.514 e. The van der Waals surface area contributed by atoms with E-state index in [4.69, 9.17) is 0 Å². The van der Waals surface area contributed by atoms with Gasteiger partial charge >= 0.3 is 0 Å². The molecule has 1 aromatic carbocycles. The molecule has 0 atom stereocenters. The van der Waals surface area contributed by atoms with Gasteiger partial charge in [-0.1, -0.05) is 24.8 Å². The minimum absolute atomic E-state index is 0.230. The number of benzene rings is 1. The summed E-state index contributed by atoms with van der Waals surface area (Å²) in [5, 5.41) is 10.1. The number of ether oxygens (including phenoxy) is 1. The van der Waals surface area contributed by atoms with E-state index >= 15 is 0 Å². The van der Waals surface area contributed by atoms with Gasteiger partial charge in [-0.3, -0.25) is 0 Å². The van der Waals surface area contributed by atoms with E-state index in [0.717, 1.165) is 12.0 Å². The number of rotatable bonds is 1. The van der Waals surface area contributed by atoms with Crippen LogP contribution in [-0.4, -0.2) is 6.16 Å². The van der Waals surface area contributed by atoms with Gasteiger partial charge in [0.2, 0.25) is 0 Å². The van der Waals surface area contributed by atoms with Crippen LogP contribution in [0.5, 0.6) is 5.75 Å². The lowest BCUT2D eigenvalue weighted by Gasteiger charge is -2.07. The van der Waals surface area contributed by atoms with Crippen LogP contribution < -0.4 is 9.84 Å². The Morgan fingerprint density at radius 1 is 1.57 bits per heavy atom. The van der Waals surface area contributed by atoms with Crippen LogP contribution in [0.2, 0.25) is 0 Å². The van der Waals surface area contributed by atoms with E-state index in [9.17, 15) is 9.90 Å². The predicted octanol–water partition coefficient (Wildman–Crippen LogP) is 1.17. The summed E-state index contributed by atoms with van der Waals surface area (Å²) in [5.74, 6) is 5.97. The van der Waals surface area contributed by atoms with E-state index in [2.05, 4.69) is 16.6 Å². The average molecular weight is 189 g/mol. The highest BCUT2D eigenvalue weighted by atomic mass is 16.7. The molecule has 0 unspecified atom stereocenters. The van der Waals surface area contributed by atoms with Crippen molar-refractivity contribution < 1.29 is 14.6 Å². The molecule has 1 aromatic rings. The predicted molar refractivity (Wildman–Crippen MR) is 49.6 cm³/mol. The van der Waals surface area contributed by atoms with Crippen molar-refractivity contribution in [1.82, 2.24) is 0 Å². The van der Waals surface area contributed by atoms with Crippen LogP contribution in [0.4, 0.5) is 4.79 Å². The summed E-state index contributed by atoms with van der Waals surface area (Å²) >= 11 is 0. The molecule has 3 heteroatoms. The maximum atomic E-state index is 10.1. The zero-order chi connectivity index (χ0) is 10.4. The van der Waals surface area contributed by atoms with Gasteiger partial charge in [-0.05, 0) is 18.2 Å². The topological polar surface area (TPSA) is 49.4 Å². The van der Waals surface area contributed by atoms with Gasteiger partial charge in [-0.25, -0.2) is 0 Å². The van der Waals surface area contributed by atoms with E-state index in [1.165, 1.54) is 6.07 Å². The summed E-state index contributed by atoms with van der Waals surface area (Å²) in [7, 11) is 0. The normalized spacial score (nSPS) is 8.64. The number of hydrogen-bond acceptors (Lipinski definition) is 3. The Hall–Kier alpha value is -1.95. The quantitative estimate of drug-likeness (QED) is 0.378. The fourth-order valence-electron chi connectivity index (χ4n) is 0.924. The molecule has 72 valence electrons. The van der Waals surface area contributed by atoms with Crippen LogP contribution in [0.1, 0.15) is 18.9 Å². The third-order valence-electron chi connectivity index (χ3n) is 1.44. The Balaban J connectivity index is 2.84. The molecule has 0 radical (unpaired) electrons. The van der Waals surface area contributed by atoms with Crippen molar-refractivity contribution in [2.45, 2.75) is 13.3 Å². The molecule has 0 spiro atoms. The van der Waals surface area contributed by atoms with Gasteiger partial charge in [-0.15, -0.1) is 0 Å². The molecule has 0 saturated heterocycles. The number of carboxylic acid groups (broad SMARTS) is 1. The van der Waals surface area contributed by atoms with Crippen molar-refractivity contribution in [3.8, 4) is 17.6 Å². The van der Waals surface area contributed by atoms with Crippen LogP contribution in [0, 0.1) is 11.8 Å². The largest absolute Gasteiger partial charge is 0.514 e. The molecule has 0 aliphatic heterocycles. The van der Waals surface area contributed by atoms with Crippen molar-refractivity contribution in [1.29, 1.82) is 0 Å². The third-order valence-corrected chi connectivity index (χ3v) is 1.44. The summed E-state index contributed by atoms with van der Waals surface area (Å²) in [5.41, 5.74) is 0.727. The lowest BCUT2D eigenvalue weighted by Crippen LogP contribution is -2.26. The molecule has 0 bridgehead atoms. The van der Waals surface area contributed by atoms with E-state index in [-0.39, 0.29) is 5.75 Å².